The molecule has 100 valence electrons. The fourth-order valence-electron chi connectivity index (χ4n) is 1.43. The topological polar surface area (TPSA) is 108 Å². The van der Waals surface area contributed by atoms with Crippen molar-refractivity contribution in [2.45, 2.75) is 13.3 Å². The zero-order valence-corrected chi connectivity index (χ0v) is 10.2. The third kappa shape index (κ3) is 3.22. The number of aromatic nitrogens is 4. The van der Waals surface area contributed by atoms with Crippen LogP contribution in [0.4, 0.5) is 11.6 Å². The van der Waals surface area contributed by atoms with Crippen molar-refractivity contribution in [3.63, 3.8) is 0 Å². The van der Waals surface area contributed by atoms with Crippen molar-refractivity contribution in [1.29, 1.82) is 0 Å². The number of nitrogens with one attached hydrogen (secondary N) is 1. The number of non-ortho nitro benzene ring substituents is 1. The largest absolute Gasteiger partial charge is 0.356 e. The molecule has 0 saturated heterocycles. The molecule has 0 aliphatic carbocycles. The van der Waals surface area contributed by atoms with Crippen LogP contribution in [0.5, 0.6) is 0 Å². The predicted octanol–water partition coefficient (Wildman–Crippen LogP) is 0.797. The van der Waals surface area contributed by atoms with E-state index in [1.165, 1.54) is 16.8 Å². The molecule has 19 heavy (non-hydrogen) atoms. The van der Waals surface area contributed by atoms with Crippen LogP contribution in [0, 0.1) is 10.1 Å². The summed E-state index contributed by atoms with van der Waals surface area (Å²) in [6, 6.07) is 6.18. The van der Waals surface area contributed by atoms with E-state index in [-0.39, 0.29) is 12.4 Å². The van der Waals surface area contributed by atoms with Crippen LogP contribution in [0.25, 0.3) is 0 Å². The summed E-state index contributed by atoms with van der Waals surface area (Å²) in [6.45, 7) is 0.515. The lowest BCUT2D eigenvalue weighted by Gasteiger charge is -2.05. The molecule has 0 unspecified atom stereocenters. The maximum Gasteiger partial charge on any atom is 0.269 e. The number of rotatable bonds is 6. The number of nitrogens with zero attached hydrogens (tertiary/aromatic N) is 5. The summed E-state index contributed by atoms with van der Waals surface area (Å²) in [6.07, 6.45) is 0. The molecule has 0 fully saturated rings. The third-order valence-electron chi connectivity index (χ3n) is 2.38. The number of ether oxygens (including phenoxy) is 1. The van der Waals surface area contributed by atoms with Gasteiger partial charge in [0.15, 0.2) is 0 Å². The SMILES string of the molecule is CNc1nnnn1COCc1ccc([N+](=O)[O-])cc1. The van der Waals surface area contributed by atoms with Gasteiger partial charge in [-0.25, -0.2) is 0 Å². The molecule has 0 radical (unpaired) electrons. The number of hydrogen-bond donors (Lipinski definition) is 1. The summed E-state index contributed by atoms with van der Waals surface area (Å²) >= 11 is 0. The molecule has 1 N–H and O–H groups in total. The highest BCUT2D eigenvalue weighted by molar-refractivity contribution is 5.32. The molecule has 0 bridgehead atoms. The summed E-state index contributed by atoms with van der Waals surface area (Å²) in [7, 11) is 1.71. The summed E-state index contributed by atoms with van der Waals surface area (Å²) < 4.78 is 6.88. The van der Waals surface area contributed by atoms with Gasteiger partial charge in [0.2, 0.25) is 5.95 Å². The molecule has 0 amide bonds. The third-order valence-corrected chi connectivity index (χ3v) is 2.38. The van der Waals surface area contributed by atoms with E-state index in [9.17, 15) is 10.1 Å². The Morgan fingerprint density at radius 2 is 2.16 bits per heavy atom. The zero-order chi connectivity index (χ0) is 13.7. The van der Waals surface area contributed by atoms with E-state index >= 15 is 0 Å². The molecule has 9 nitrogen and oxygen atoms in total. The first kappa shape index (κ1) is 12.9. The fraction of sp³-hybridized carbons (Fsp3) is 0.300. The van der Waals surface area contributed by atoms with Gasteiger partial charge < -0.3 is 10.1 Å². The van der Waals surface area contributed by atoms with Gasteiger partial charge in [0.1, 0.15) is 6.73 Å². The van der Waals surface area contributed by atoms with Gasteiger partial charge in [-0.15, -0.1) is 0 Å². The Labute approximate surface area is 108 Å². The van der Waals surface area contributed by atoms with Crippen molar-refractivity contribution in [1.82, 2.24) is 20.2 Å². The number of hydrogen-bond acceptors (Lipinski definition) is 7. The van der Waals surface area contributed by atoms with Gasteiger partial charge in [-0.3, -0.25) is 10.1 Å². The van der Waals surface area contributed by atoms with Crippen LogP contribution in [0.2, 0.25) is 0 Å². The van der Waals surface area contributed by atoms with E-state index < -0.39 is 4.92 Å². The van der Waals surface area contributed by atoms with Crippen molar-refractivity contribution < 1.29 is 9.66 Å². The summed E-state index contributed by atoms with van der Waals surface area (Å²) in [5, 5.41) is 24.3. The normalized spacial score (nSPS) is 10.4. The number of anilines is 1. The van der Waals surface area contributed by atoms with Crippen molar-refractivity contribution in [2.75, 3.05) is 12.4 Å². The first-order valence-corrected chi connectivity index (χ1v) is 5.45. The molecule has 0 spiro atoms. The second-order valence-electron chi connectivity index (χ2n) is 3.65. The lowest BCUT2D eigenvalue weighted by atomic mass is 10.2. The monoisotopic (exact) mass is 264 g/mol. The molecule has 0 saturated carbocycles. The van der Waals surface area contributed by atoms with Crippen LogP contribution in [0.15, 0.2) is 24.3 Å². The van der Waals surface area contributed by atoms with Gasteiger partial charge in [0, 0.05) is 19.2 Å². The predicted molar refractivity (Wildman–Crippen MR) is 65.2 cm³/mol. The Morgan fingerprint density at radius 3 is 2.79 bits per heavy atom. The average Bonchev–Trinajstić information content (AvgIpc) is 2.87. The Bertz CT molecular complexity index is 553. The Hall–Kier alpha value is -2.55. The van der Waals surface area contributed by atoms with Crippen LogP contribution in [-0.2, 0) is 18.1 Å². The summed E-state index contributed by atoms with van der Waals surface area (Å²) in [5.74, 6) is 0.503. The first-order valence-electron chi connectivity index (χ1n) is 5.45. The molecule has 0 aliphatic heterocycles. The van der Waals surface area contributed by atoms with Crippen LogP contribution in [-0.4, -0.2) is 32.2 Å². The van der Waals surface area contributed by atoms with Gasteiger partial charge in [-0.2, -0.15) is 4.68 Å². The van der Waals surface area contributed by atoms with Gasteiger partial charge in [0.05, 0.1) is 11.5 Å². The minimum atomic E-state index is -0.440. The number of nitro benzene ring substituents is 1. The zero-order valence-electron chi connectivity index (χ0n) is 10.2. The Balaban J connectivity index is 1.87. The van der Waals surface area contributed by atoms with Crippen LogP contribution in [0.1, 0.15) is 5.56 Å². The van der Waals surface area contributed by atoms with Crippen molar-refractivity contribution >= 4 is 11.6 Å². The van der Waals surface area contributed by atoms with Gasteiger partial charge >= 0.3 is 0 Å². The van der Waals surface area contributed by atoms with E-state index in [1.807, 2.05) is 0 Å². The van der Waals surface area contributed by atoms with E-state index in [0.717, 1.165) is 5.56 Å². The van der Waals surface area contributed by atoms with Crippen LogP contribution < -0.4 is 5.32 Å². The molecular weight excluding hydrogens is 252 g/mol. The number of benzene rings is 1. The van der Waals surface area contributed by atoms with E-state index in [1.54, 1.807) is 19.2 Å². The quantitative estimate of drug-likeness (QED) is 0.607. The summed E-state index contributed by atoms with van der Waals surface area (Å²) in [4.78, 5) is 10.1. The molecule has 9 heteroatoms. The maximum atomic E-state index is 10.5. The van der Waals surface area contributed by atoms with Gasteiger partial charge in [0.25, 0.3) is 5.69 Å². The molecule has 1 aromatic carbocycles. The lowest BCUT2D eigenvalue weighted by molar-refractivity contribution is -0.384. The number of nitro groups is 1. The molecule has 0 aliphatic rings. The van der Waals surface area contributed by atoms with Crippen molar-refractivity contribution in [3.8, 4) is 0 Å². The average molecular weight is 264 g/mol. The highest BCUT2D eigenvalue weighted by Gasteiger charge is 2.05. The van der Waals surface area contributed by atoms with Crippen molar-refractivity contribution in [3.05, 3.63) is 39.9 Å². The van der Waals surface area contributed by atoms with Crippen molar-refractivity contribution in [2.24, 2.45) is 0 Å². The van der Waals surface area contributed by atoms with Crippen LogP contribution >= 0.6 is 0 Å². The van der Waals surface area contributed by atoms with E-state index in [2.05, 4.69) is 20.8 Å². The van der Waals surface area contributed by atoms with Gasteiger partial charge in [-0.05, 0) is 28.1 Å². The first-order chi connectivity index (χ1) is 9.20. The fourth-order valence-corrected chi connectivity index (χ4v) is 1.43. The molecule has 2 aromatic rings. The van der Waals surface area contributed by atoms with Gasteiger partial charge in [-0.1, -0.05) is 5.10 Å². The second kappa shape index (κ2) is 5.87. The molecule has 2 rings (SSSR count). The van der Waals surface area contributed by atoms with E-state index in [4.69, 9.17) is 4.74 Å². The number of tetrazole rings is 1. The molecule has 1 aromatic heterocycles. The molecule has 0 atom stereocenters. The highest BCUT2D eigenvalue weighted by Crippen LogP contribution is 2.12. The standard InChI is InChI=1S/C10H12N6O3/c1-11-10-12-13-14-15(10)7-19-6-8-2-4-9(5-3-8)16(17)18/h2-5H,6-7H2,1H3,(H,11,12,14). The van der Waals surface area contributed by atoms with E-state index in [0.29, 0.717) is 12.6 Å². The molecular formula is C10H12N6O3. The highest BCUT2D eigenvalue weighted by atomic mass is 16.6. The Morgan fingerprint density at radius 1 is 1.42 bits per heavy atom. The second-order valence-corrected chi connectivity index (χ2v) is 3.65. The minimum Gasteiger partial charge on any atom is -0.356 e. The molecule has 1 heterocycles. The van der Waals surface area contributed by atoms with Crippen LogP contribution in [0.3, 0.4) is 0 Å². The maximum absolute atomic E-state index is 10.5. The minimum absolute atomic E-state index is 0.0571. The lowest BCUT2D eigenvalue weighted by Crippen LogP contribution is -2.08. The smallest absolute Gasteiger partial charge is 0.269 e. The summed E-state index contributed by atoms with van der Waals surface area (Å²) in [5.41, 5.74) is 0.895. The Kier molecular flexibility index (Phi) is 3.98.